The highest BCUT2D eigenvalue weighted by molar-refractivity contribution is 7.92. The number of sulfonamides is 1. The molecule has 0 spiro atoms. The minimum absolute atomic E-state index is 0.147. The molecule has 4 aromatic rings. The fourth-order valence-corrected chi connectivity index (χ4v) is 3.85. The Balaban J connectivity index is 1.81. The third kappa shape index (κ3) is 4.33. The molecule has 0 bridgehead atoms. The van der Waals surface area contributed by atoms with Gasteiger partial charge < -0.3 is 10.6 Å². The van der Waals surface area contributed by atoms with E-state index in [4.69, 9.17) is 4.98 Å². The third-order valence-corrected chi connectivity index (χ3v) is 5.06. The number of hydrogen-bond acceptors (Lipinski definition) is 5. The van der Waals surface area contributed by atoms with Crippen molar-refractivity contribution >= 4 is 60.5 Å². The van der Waals surface area contributed by atoms with E-state index in [0.29, 0.717) is 11.4 Å². The number of fused-ring (bicyclic) bond motifs is 2. The molecule has 0 saturated heterocycles. The summed E-state index contributed by atoms with van der Waals surface area (Å²) in [7, 11) is -3.33. The maximum absolute atomic E-state index is 11.5. The molecule has 8 heteroatoms. The Labute approximate surface area is 174 Å². The molecule has 0 atom stereocenters. The Bertz CT molecular complexity index is 1370. The molecule has 0 saturated carbocycles. The molecule has 0 fully saturated rings. The van der Waals surface area contributed by atoms with Gasteiger partial charge in [0, 0.05) is 34.8 Å². The number of nitrogens with one attached hydrogen (secondary N) is 3. The van der Waals surface area contributed by atoms with Gasteiger partial charge in [0.05, 0.1) is 23.0 Å². The van der Waals surface area contributed by atoms with E-state index in [1.165, 1.54) is 6.92 Å². The minimum atomic E-state index is -3.33. The van der Waals surface area contributed by atoms with Crippen molar-refractivity contribution in [3.63, 3.8) is 0 Å². The molecule has 1 heterocycles. The molecule has 3 N–H and O–H groups in total. The molecule has 0 radical (unpaired) electrons. The average molecular weight is 420 g/mol. The first-order chi connectivity index (χ1) is 14.3. The summed E-state index contributed by atoms with van der Waals surface area (Å²) in [5.74, 6) is -0.147. The zero-order valence-corrected chi connectivity index (χ0v) is 17.2. The number of amides is 1. The van der Waals surface area contributed by atoms with Crippen molar-refractivity contribution in [2.24, 2.45) is 0 Å². The van der Waals surface area contributed by atoms with Crippen LogP contribution in [0.5, 0.6) is 0 Å². The lowest BCUT2D eigenvalue weighted by molar-refractivity contribution is -0.114. The van der Waals surface area contributed by atoms with E-state index in [9.17, 15) is 13.2 Å². The second-order valence-electron chi connectivity index (χ2n) is 6.99. The van der Waals surface area contributed by atoms with Gasteiger partial charge in [0.1, 0.15) is 0 Å². The van der Waals surface area contributed by atoms with Crippen molar-refractivity contribution in [2.75, 3.05) is 21.6 Å². The fraction of sp³-hybridized carbons (Fsp3) is 0.0909. The normalized spacial score (nSPS) is 11.4. The predicted octanol–water partition coefficient (Wildman–Crippen LogP) is 4.46. The molecule has 7 nitrogen and oxygen atoms in total. The first-order valence-corrected chi connectivity index (χ1v) is 11.1. The highest BCUT2D eigenvalue weighted by atomic mass is 32.2. The second kappa shape index (κ2) is 7.64. The smallest absolute Gasteiger partial charge is 0.229 e. The lowest BCUT2D eigenvalue weighted by atomic mass is 10.1. The summed E-state index contributed by atoms with van der Waals surface area (Å²) < 4.78 is 25.3. The maximum Gasteiger partial charge on any atom is 0.229 e. The number of pyridine rings is 1. The fourth-order valence-electron chi connectivity index (χ4n) is 3.29. The second-order valence-corrected chi connectivity index (χ2v) is 8.74. The average Bonchev–Trinajstić information content (AvgIpc) is 2.68. The molecule has 152 valence electrons. The Hall–Kier alpha value is -3.65. The lowest BCUT2D eigenvalue weighted by Gasteiger charge is -2.15. The first-order valence-electron chi connectivity index (χ1n) is 9.23. The maximum atomic E-state index is 11.5. The molecular weight excluding hydrogens is 400 g/mol. The molecule has 0 aliphatic heterocycles. The number of para-hydroxylation sites is 1. The van der Waals surface area contributed by atoms with Gasteiger partial charge in [-0.05, 0) is 48.5 Å². The zero-order valence-electron chi connectivity index (χ0n) is 16.4. The summed E-state index contributed by atoms with van der Waals surface area (Å²) in [6.45, 7) is 1.47. The van der Waals surface area contributed by atoms with E-state index < -0.39 is 10.0 Å². The van der Waals surface area contributed by atoms with Crippen LogP contribution < -0.4 is 15.4 Å². The largest absolute Gasteiger partial charge is 0.354 e. The molecular formula is C22H20N4O3S. The van der Waals surface area contributed by atoms with Crippen LogP contribution >= 0.6 is 0 Å². The van der Waals surface area contributed by atoms with Gasteiger partial charge in [-0.2, -0.15) is 0 Å². The van der Waals surface area contributed by atoms with Crippen LogP contribution in [-0.4, -0.2) is 25.6 Å². The number of hydrogen-bond donors (Lipinski definition) is 3. The van der Waals surface area contributed by atoms with Gasteiger partial charge in [0.2, 0.25) is 15.9 Å². The Kier molecular flexibility index (Phi) is 5.01. The Morgan fingerprint density at radius 1 is 0.833 bits per heavy atom. The molecule has 4 rings (SSSR count). The van der Waals surface area contributed by atoms with Crippen LogP contribution in [0.3, 0.4) is 0 Å². The quantitative estimate of drug-likeness (QED) is 0.414. The lowest BCUT2D eigenvalue weighted by Crippen LogP contribution is -2.09. The molecule has 0 aliphatic carbocycles. The topological polar surface area (TPSA) is 100 Å². The van der Waals surface area contributed by atoms with Crippen molar-refractivity contribution in [1.29, 1.82) is 0 Å². The van der Waals surface area contributed by atoms with Gasteiger partial charge in [-0.25, -0.2) is 13.4 Å². The van der Waals surface area contributed by atoms with Crippen molar-refractivity contribution in [1.82, 2.24) is 4.98 Å². The van der Waals surface area contributed by atoms with Crippen LogP contribution in [0.2, 0.25) is 0 Å². The van der Waals surface area contributed by atoms with Crippen molar-refractivity contribution < 1.29 is 13.2 Å². The first kappa shape index (κ1) is 19.7. The summed E-state index contributed by atoms with van der Waals surface area (Å²) in [5.41, 5.74) is 4.45. The Morgan fingerprint density at radius 3 is 2.17 bits per heavy atom. The Morgan fingerprint density at radius 2 is 1.47 bits per heavy atom. The predicted molar refractivity (Wildman–Crippen MR) is 122 cm³/mol. The van der Waals surface area contributed by atoms with E-state index in [1.807, 2.05) is 42.5 Å². The van der Waals surface area contributed by atoms with Crippen molar-refractivity contribution in [3.05, 3.63) is 66.7 Å². The molecule has 3 aromatic carbocycles. The van der Waals surface area contributed by atoms with E-state index in [2.05, 4.69) is 15.4 Å². The summed E-state index contributed by atoms with van der Waals surface area (Å²) in [4.78, 5) is 16.2. The number of aromatic nitrogens is 1. The summed E-state index contributed by atoms with van der Waals surface area (Å²) in [5, 5.41) is 8.03. The number of rotatable bonds is 5. The standard InChI is InChI=1S/C22H20N4O3S/c1-14(27)23-17-11-12-21-19(13-17)22(18-5-3-4-6-20(18)25-21)24-15-7-9-16(10-8-15)26-30(2,28)29/h3-13,26H,1-2H3,(H,23,27)(H,24,25). The monoisotopic (exact) mass is 420 g/mol. The molecule has 0 aliphatic rings. The number of anilines is 4. The van der Waals surface area contributed by atoms with Crippen LogP contribution in [0.25, 0.3) is 21.8 Å². The van der Waals surface area contributed by atoms with Crippen molar-refractivity contribution in [3.8, 4) is 0 Å². The highest BCUT2D eigenvalue weighted by Crippen LogP contribution is 2.34. The molecule has 30 heavy (non-hydrogen) atoms. The van der Waals surface area contributed by atoms with Crippen molar-refractivity contribution in [2.45, 2.75) is 6.92 Å². The summed E-state index contributed by atoms with van der Waals surface area (Å²) in [6, 6.07) is 20.4. The van der Waals surface area contributed by atoms with Gasteiger partial charge in [0.25, 0.3) is 0 Å². The van der Waals surface area contributed by atoms with E-state index in [-0.39, 0.29) is 5.91 Å². The van der Waals surface area contributed by atoms with Crippen LogP contribution in [0.1, 0.15) is 6.92 Å². The SMILES string of the molecule is CC(=O)Nc1ccc2nc3ccccc3c(Nc3ccc(NS(C)(=O)=O)cc3)c2c1. The van der Waals surface area contributed by atoms with Gasteiger partial charge >= 0.3 is 0 Å². The zero-order chi connectivity index (χ0) is 21.3. The summed E-state index contributed by atoms with van der Waals surface area (Å²) >= 11 is 0. The number of carbonyl (C=O) groups excluding carboxylic acids is 1. The third-order valence-electron chi connectivity index (χ3n) is 4.46. The minimum Gasteiger partial charge on any atom is -0.354 e. The molecule has 1 aromatic heterocycles. The van der Waals surface area contributed by atoms with E-state index >= 15 is 0 Å². The van der Waals surface area contributed by atoms with Gasteiger partial charge in [-0.15, -0.1) is 0 Å². The molecule has 0 unspecified atom stereocenters. The van der Waals surface area contributed by atoms with Crippen LogP contribution in [0.15, 0.2) is 66.7 Å². The van der Waals surface area contributed by atoms with Gasteiger partial charge in [0.15, 0.2) is 0 Å². The number of nitrogens with zero attached hydrogens (tertiary/aromatic N) is 1. The van der Waals surface area contributed by atoms with Crippen LogP contribution in [-0.2, 0) is 14.8 Å². The number of carbonyl (C=O) groups is 1. The summed E-state index contributed by atoms with van der Waals surface area (Å²) in [6.07, 6.45) is 1.11. The van der Waals surface area contributed by atoms with Crippen LogP contribution in [0, 0.1) is 0 Å². The van der Waals surface area contributed by atoms with Crippen LogP contribution in [0.4, 0.5) is 22.7 Å². The number of benzene rings is 3. The van der Waals surface area contributed by atoms with Gasteiger partial charge in [-0.1, -0.05) is 18.2 Å². The van der Waals surface area contributed by atoms with E-state index in [0.717, 1.165) is 39.4 Å². The highest BCUT2D eigenvalue weighted by Gasteiger charge is 2.11. The van der Waals surface area contributed by atoms with E-state index in [1.54, 1.807) is 24.3 Å². The van der Waals surface area contributed by atoms with Gasteiger partial charge in [-0.3, -0.25) is 9.52 Å². The molecule has 1 amide bonds.